The fourth-order valence-electron chi connectivity index (χ4n) is 1.71. The minimum atomic E-state index is -0.391. The van der Waals surface area contributed by atoms with Gasteiger partial charge in [-0.1, -0.05) is 33.1 Å². The van der Waals surface area contributed by atoms with Gasteiger partial charge in [-0.05, 0) is 46.6 Å². The van der Waals surface area contributed by atoms with Crippen LogP contribution in [0.25, 0.3) is 10.9 Å². The molecule has 0 atom stereocenters. The van der Waals surface area contributed by atoms with Gasteiger partial charge in [0, 0.05) is 5.39 Å². The number of nitrogens with one attached hydrogen (secondary N) is 1. The summed E-state index contributed by atoms with van der Waals surface area (Å²) in [5.74, 6) is -0.391. The lowest BCUT2D eigenvalue weighted by Crippen LogP contribution is -2.08. The predicted molar refractivity (Wildman–Crippen MR) is 93.5 cm³/mol. The van der Waals surface area contributed by atoms with Crippen LogP contribution in [0.2, 0.25) is 0 Å². The summed E-state index contributed by atoms with van der Waals surface area (Å²) in [6.45, 7) is 5.83. The number of ether oxygens (including phenoxy) is 1. The highest BCUT2D eigenvalue weighted by molar-refractivity contribution is 9.10. The first-order chi connectivity index (χ1) is 10.5. The molecule has 1 aliphatic rings. The number of esters is 1. The van der Waals surface area contributed by atoms with Crippen LogP contribution >= 0.6 is 15.9 Å². The van der Waals surface area contributed by atoms with Gasteiger partial charge in [-0.2, -0.15) is 0 Å². The van der Waals surface area contributed by atoms with Crippen molar-refractivity contribution in [3.8, 4) is 0 Å². The van der Waals surface area contributed by atoms with Gasteiger partial charge in [0.05, 0.1) is 22.7 Å². The Morgan fingerprint density at radius 1 is 1.18 bits per heavy atom. The van der Waals surface area contributed by atoms with E-state index in [-0.39, 0.29) is 5.56 Å². The number of hydrogen-bond donors (Lipinski definition) is 1. The maximum Gasteiger partial charge on any atom is 0.337 e. The Hall–Kier alpha value is -1.62. The molecule has 5 heteroatoms. The number of methoxy groups -OCH3 is 1. The van der Waals surface area contributed by atoms with Gasteiger partial charge < -0.3 is 9.72 Å². The Morgan fingerprint density at radius 2 is 1.77 bits per heavy atom. The van der Waals surface area contributed by atoms with Crippen molar-refractivity contribution in [3.63, 3.8) is 0 Å². The average molecular weight is 368 g/mol. The van der Waals surface area contributed by atoms with E-state index >= 15 is 0 Å². The van der Waals surface area contributed by atoms with E-state index in [0.717, 1.165) is 16.5 Å². The molecule has 0 amide bonds. The van der Waals surface area contributed by atoms with Crippen LogP contribution in [-0.4, -0.2) is 18.1 Å². The van der Waals surface area contributed by atoms with Crippen molar-refractivity contribution in [2.45, 2.75) is 40.0 Å². The van der Waals surface area contributed by atoms with Crippen LogP contribution in [0, 0.1) is 6.92 Å². The molecule has 0 spiro atoms. The molecule has 0 bridgehead atoms. The monoisotopic (exact) mass is 367 g/mol. The topological polar surface area (TPSA) is 59.2 Å². The van der Waals surface area contributed by atoms with Crippen molar-refractivity contribution in [1.82, 2.24) is 4.98 Å². The second kappa shape index (κ2) is 8.73. The van der Waals surface area contributed by atoms with Crippen LogP contribution in [0.4, 0.5) is 0 Å². The van der Waals surface area contributed by atoms with E-state index in [1.807, 2.05) is 20.8 Å². The van der Waals surface area contributed by atoms with E-state index in [1.165, 1.54) is 26.4 Å². The zero-order valence-electron chi connectivity index (χ0n) is 13.5. The standard InChI is InChI=1S/C12H10BrNO3.C3H6.C2H6/c1-6-3-8(12(16)17-2)4-7-5-9(13)11(15)14-10(6)7;1-2-3-1;1-2/h3-5H,1-2H3,(H,14,15);1-3H2;1-2H3. The molecular weight excluding hydrogens is 346 g/mol. The largest absolute Gasteiger partial charge is 0.465 e. The van der Waals surface area contributed by atoms with Crippen LogP contribution in [-0.2, 0) is 4.74 Å². The summed E-state index contributed by atoms with van der Waals surface area (Å²) in [6, 6.07) is 5.07. The van der Waals surface area contributed by atoms with E-state index in [9.17, 15) is 9.59 Å². The van der Waals surface area contributed by atoms with E-state index in [0.29, 0.717) is 10.0 Å². The molecule has 1 N–H and O–H groups in total. The Balaban J connectivity index is 0.000000419. The lowest BCUT2D eigenvalue weighted by molar-refractivity contribution is 0.0601. The molecule has 0 aliphatic heterocycles. The van der Waals surface area contributed by atoms with Crippen molar-refractivity contribution in [3.05, 3.63) is 44.2 Å². The molecule has 0 unspecified atom stereocenters. The molecular formula is C17H22BrNO3. The van der Waals surface area contributed by atoms with Crippen molar-refractivity contribution >= 4 is 32.8 Å². The SMILES string of the molecule is C1CC1.CC.COC(=O)c1cc(C)c2[nH]c(=O)c(Br)cc2c1. The van der Waals surface area contributed by atoms with Gasteiger partial charge in [-0.3, -0.25) is 4.79 Å². The average Bonchev–Trinajstić information content (AvgIpc) is 3.39. The van der Waals surface area contributed by atoms with Gasteiger partial charge in [-0.15, -0.1) is 0 Å². The Morgan fingerprint density at radius 3 is 2.27 bits per heavy atom. The van der Waals surface area contributed by atoms with Crippen molar-refractivity contribution < 1.29 is 9.53 Å². The maximum absolute atomic E-state index is 11.5. The second-order valence-corrected chi connectivity index (χ2v) is 5.61. The molecule has 1 aromatic heterocycles. The number of pyridine rings is 1. The van der Waals surface area contributed by atoms with Crippen LogP contribution < -0.4 is 5.56 Å². The van der Waals surface area contributed by atoms with Gasteiger partial charge in [0.15, 0.2) is 0 Å². The zero-order valence-corrected chi connectivity index (χ0v) is 15.0. The minimum absolute atomic E-state index is 0.189. The number of fused-ring (bicyclic) bond motifs is 1. The number of aryl methyl sites for hydroxylation is 1. The van der Waals surface area contributed by atoms with Gasteiger partial charge in [0.25, 0.3) is 5.56 Å². The maximum atomic E-state index is 11.5. The number of aromatic amines is 1. The lowest BCUT2D eigenvalue weighted by atomic mass is 10.1. The van der Waals surface area contributed by atoms with Crippen LogP contribution in [0.5, 0.6) is 0 Å². The van der Waals surface area contributed by atoms with Crippen LogP contribution in [0.1, 0.15) is 49.0 Å². The summed E-state index contributed by atoms with van der Waals surface area (Å²) in [4.78, 5) is 25.7. The minimum Gasteiger partial charge on any atom is -0.465 e. The van der Waals surface area contributed by atoms with E-state index in [1.54, 1.807) is 18.2 Å². The van der Waals surface area contributed by atoms with Gasteiger partial charge in [0.2, 0.25) is 0 Å². The molecule has 1 heterocycles. The lowest BCUT2D eigenvalue weighted by Gasteiger charge is -2.06. The van der Waals surface area contributed by atoms with E-state index < -0.39 is 5.97 Å². The third kappa shape index (κ3) is 4.98. The molecule has 3 rings (SSSR count). The summed E-state index contributed by atoms with van der Waals surface area (Å²) in [5.41, 5.74) is 1.83. The first kappa shape index (κ1) is 18.4. The number of rotatable bonds is 1. The quantitative estimate of drug-likeness (QED) is 0.750. The zero-order chi connectivity index (χ0) is 16.7. The first-order valence-corrected chi connectivity index (χ1v) is 8.23. The number of benzene rings is 1. The smallest absolute Gasteiger partial charge is 0.337 e. The Bertz CT molecular complexity index is 702. The highest BCUT2D eigenvalue weighted by Gasteiger charge is 2.10. The summed E-state index contributed by atoms with van der Waals surface area (Å²) >= 11 is 3.16. The summed E-state index contributed by atoms with van der Waals surface area (Å²) in [7, 11) is 1.34. The molecule has 4 nitrogen and oxygen atoms in total. The molecule has 1 aliphatic carbocycles. The number of H-pyrrole nitrogens is 1. The molecule has 2 aromatic rings. The number of aromatic nitrogens is 1. The molecule has 1 fully saturated rings. The third-order valence-electron chi connectivity index (χ3n) is 2.88. The molecule has 1 aromatic carbocycles. The molecule has 1 saturated carbocycles. The Labute approximate surface area is 139 Å². The van der Waals surface area contributed by atoms with Crippen molar-refractivity contribution in [1.29, 1.82) is 0 Å². The Kier molecular flexibility index (Phi) is 7.32. The molecule has 0 radical (unpaired) electrons. The van der Waals surface area contributed by atoms with Crippen LogP contribution in [0.3, 0.4) is 0 Å². The van der Waals surface area contributed by atoms with Crippen LogP contribution in [0.15, 0.2) is 27.5 Å². The van der Waals surface area contributed by atoms with Gasteiger partial charge in [0.1, 0.15) is 0 Å². The number of halogens is 1. The normalized spacial score (nSPS) is 11.7. The summed E-state index contributed by atoms with van der Waals surface area (Å²) < 4.78 is 5.11. The fourth-order valence-corrected chi connectivity index (χ4v) is 2.06. The fraction of sp³-hybridized carbons (Fsp3) is 0.412. The highest BCUT2D eigenvalue weighted by atomic mass is 79.9. The number of carbonyl (C=O) groups is 1. The molecule has 120 valence electrons. The molecule has 0 saturated heterocycles. The second-order valence-electron chi connectivity index (χ2n) is 4.76. The van der Waals surface area contributed by atoms with Gasteiger partial charge in [-0.25, -0.2) is 4.79 Å². The van der Waals surface area contributed by atoms with E-state index in [4.69, 9.17) is 0 Å². The third-order valence-corrected chi connectivity index (χ3v) is 3.47. The summed E-state index contributed by atoms with van der Waals surface area (Å²) in [6.07, 6.45) is 4.50. The van der Waals surface area contributed by atoms with Crippen molar-refractivity contribution in [2.24, 2.45) is 0 Å². The first-order valence-electron chi connectivity index (χ1n) is 7.44. The summed E-state index contributed by atoms with van der Waals surface area (Å²) in [5, 5.41) is 0.789. The van der Waals surface area contributed by atoms with Gasteiger partial charge >= 0.3 is 5.97 Å². The molecule has 22 heavy (non-hydrogen) atoms. The van der Waals surface area contributed by atoms with Crippen molar-refractivity contribution in [2.75, 3.05) is 7.11 Å². The van der Waals surface area contributed by atoms with E-state index in [2.05, 4.69) is 25.7 Å². The number of carbonyl (C=O) groups excluding carboxylic acids is 1. The predicted octanol–water partition coefficient (Wildman–Crippen LogP) is 4.58. The highest BCUT2D eigenvalue weighted by Crippen LogP contribution is 2.20. The number of hydrogen-bond acceptors (Lipinski definition) is 3.